The molecule has 16 heavy (non-hydrogen) atoms. The van der Waals surface area contributed by atoms with Crippen molar-refractivity contribution >= 4 is 6.08 Å². The largest absolute Gasteiger partial charge is 1.00 e. The van der Waals surface area contributed by atoms with E-state index in [4.69, 9.17) is 0 Å². The Balaban J connectivity index is 0.000000963. The number of benzene rings is 2. The summed E-state index contributed by atoms with van der Waals surface area (Å²) in [5.74, 6) is 0.447. The van der Waals surface area contributed by atoms with Gasteiger partial charge < -0.3 is 0 Å². The Bertz CT molecular complexity index is 500. The van der Waals surface area contributed by atoms with Gasteiger partial charge in [-0.3, -0.25) is 0 Å². The van der Waals surface area contributed by atoms with Crippen LogP contribution < -0.4 is 29.6 Å². The van der Waals surface area contributed by atoms with Crippen LogP contribution in [0.15, 0.2) is 60.7 Å². The summed E-state index contributed by atoms with van der Waals surface area (Å²) in [5, 5.41) is 0. The van der Waals surface area contributed by atoms with E-state index in [0.29, 0.717) is 5.92 Å². The summed E-state index contributed by atoms with van der Waals surface area (Å²) >= 11 is 0. The molecule has 1 atom stereocenters. The average molecular weight is 215 g/mol. The van der Waals surface area contributed by atoms with Gasteiger partial charge in [0.2, 0.25) is 0 Å². The Labute approximate surface area is 118 Å². The van der Waals surface area contributed by atoms with Gasteiger partial charge in [0.15, 0.2) is 0 Å². The van der Waals surface area contributed by atoms with Gasteiger partial charge in [-0.1, -0.05) is 66.7 Å². The molecule has 0 N–H and O–H groups in total. The quantitative estimate of drug-likeness (QED) is 0.619. The van der Waals surface area contributed by atoms with Gasteiger partial charge in [-0.15, -0.1) is 0 Å². The van der Waals surface area contributed by atoms with Crippen LogP contribution in [0.2, 0.25) is 0 Å². The maximum absolute atomic E-state index is 2.28. The maximum atomic E-state index is 2.28. The molecule has 0 amide bonds. The first kappa shape index (κ1) is 11.7. The van der Waals surface area contributed by atoms with Crippen LogP contribution in [-0.2, 0) is 0 Å². The van der Waals surface area contributed by atoms with Crippen LogP contribution in [0.4, 0.5) is 0 Å². The van der Waals surface area contributed by atoms with Gasteiger partial charge in [0, 0.05) is 5.92 Å². The molecule has 0 saturated carbocycles. The van der Waals surface area contributed by atoms with E-state index in [2.05, 4.69) is 66.7 Å². The van der Waals surface area contributed by atoms with Crippen LogP contribution in [0.5, 0.6) is 0 Å². The van der Waals surface area contributed by atoms with Crippen LogP contribution in [0.25, 0.3) is 6.08 Å². The molecular weight excluding hydrogens is 203 g/mol. The number of hydrogen-bond acceptors (Lipinski definition) is 0. The Kier molecular flexibility index (Phi) is 3.65. The zero-order chi connectivity index (χ0) is 10.1. The van der Waals surface area contributed by atoms with E-state index in [1.807, 2.05) is 0 Å². The van der Waals surface area contributed by atoms with Crippen molar-refractivity contribution in [3.8, 4) is 0 Å². The zero-order valence-corrected chi connectivity index (χ0v) is 11.4. The van der Waals surface area contributed by atoms with Crippen LogP contribution >= 0.6 is 0 Å². The van der Waals surface area contributed by atoms with E-state index in [0.717, 1.165) is 0 Å². The number of fused-ring (bicyclic) bond motifs is 1. The fourth-order valence-corrected chi connectivity index (χ4v) is 2.20. The molecule has 3 rings (SSSR count). The summed E-state index contributed by atoms with van der Waals surface area (Å²) in [4.78, 5) is 0. The van der Waals surface area contributed by atoms with E-state index in [1.54, 1.807) is 0 Å². The molecule has 1 heteroatoms. The van der Waals surface area contributed by atoms with E-state index in [1.165, 1.54) is 16.7 Å². The normalized spacial score (nSPS) is 16.6. The zero-order valence-electron chi connectivity index (χ0n) is 9.43. The van der Waals surface area contributed by atoms with Crippen LogP contribution in [0, 0.1) is 0 Å². The van der Waals surface area contributed by atoms with Crippen LogP contribution in [0.3, 0.4) is 0 Å². The van der Waals surface area contributed by atoms with Gasteiger partial charge in [-0.2, -0.15) is 0 Å². The molecule has 0 heterocycles. The first-order valence-electron chi connectivity index (χ1n) is 5.27. The van der Waals surface area contributed by atoms with E-state index >= 15 is 0 Å². The molecule has 1 unspecified atom stereocenters. The SMILES string of the molecule is C1=CC(c2ccccc2)c2ccccc21.[Na+]. The van der Waals surface area contributed by atoms with Crippen molar-refractivity contribution in [1.82, 2.24) is 0 Å². The molecule has 2 aromatic carbocycles. The Morgan fingerprint density at radius 2 is 1.44 bits per heavy atom. The summed E-state index contributed by atoms with van der Waals surface area (Å²) in [6, 6.07) is 19.2. The number of allylic oxidation sites excluding steroid dienone is 1. The van der Waals surface area contributed by atoms with Crippen LogP contribution in [0.1, 0.15) is 22.6 Å². The summed E-state index contributed by atoms with van der Waals surface area (Å²) in [6.45, 7) is 0. The van der Waals surface area contributed by atoms with Gasteiger partial charge in [-0.25, -0.2) is 0 Å². The van der Waals surface area contributed by atoms with Crippen molar-refractivity contribution in [2.45, 2.75) is 5.92 Å². The van der Waals surface area contributed by atoms with Crippen molar-refractivity contribution in [1.29, 1.82) is 0 Å². The minimum atomic E-state index is 0. The molecule has 0 fully saturated rings. The van der Waals surface area contributed by atoms with Crippen molar-refractivity contribution < 1.29 is 29.6 Å². The Morgan fingerprint density at radius 3 is 2.25 bits per heavy atom. The van der Waals surface area contributed by atoms with Gasteiger partial charge >= 0.3 is 29.6 Å². The molecule has 0 aromatic heterocycles. The minimum absolute atomic E-state index is 0. The summed E-state index contributed by atoms with van der Waals surface area (Å²) in [7, 11) is 0. The standard InChI is InChI=1S/C15H12.Na/c1-2-6-12(7-3-1)15-11-10-13-8-4-5-9-14(13)15;/h1-11,15H;/q;+1. The van der Waals surface area contributed by atoms with E-state index in [-0.39, 0.29) is 29.6 Å². The minimum Gasteiger partial charge on any atom is -0.0720 e. The first-order chi connectivity index (χ1) is 7.45. The maximum Gasteiger partial charge on any atom is 1.00 e. The molecule has 0 radical (unpaired) electrons. The van der Waals surface area contributed by atoms with Gasteiger partial charge in [0.05, 0.1) is 0 Å². The predicted molar refractivity (Wildman–Crippen MR) is 63.8 cm³/mol. The predicted octanol–water partition coefficient (Wildman–Crippen LogP) is 0.849. The molecule has 0 saturated heterocycles. The second-order valence-electron chi connectivity index (χ2n) is 3.88. The van der Waals surface area contributed by atoms with Crippen molar-refractivity contribution in [3.63, 3.8) is 0 Å². The van der Waals surface area contributed by atoms with Gasteiger partial charge in [-0.05, 0) is 16.7 Å². The third kappa shape index (κ3) is 2.01. The summed E-state index contributed by atoms with van der Waals surface area (Å²) < 4.78 is 0. The smallest absolute Gasteiger partial charge is 0.0720 e. The molecule has 0 bridgehead atoms. The summed E-state index contributed by atoms with van der Waals surface area (Å²) in [5.41, 5.74) is 4.15. The Hall–Kier alpha value is -0.820. The molecule has 0 spiro atoms. The van der Waals surface area contributed by atoms with Gasteiger partial charge in [0.25, 0.3) is 0 Å². The topological polar surface area (TPSA) is 0 Å². The first-order valence-corrected chi connectivity index (χ1v) is 5.27. The Morgan fingerprint density at radius 1 is 0.750 bits per heavy atom. The second-order valence-corrected chi connectivity index (χ2v) is 3.88. The average Bonchev–Trinajstić information content (AvgIpc) is 2.74. The number of hydrogen-bond donors (Lipinski definition) is 0. The summed E-state index contributed by atoms with van der Waals surface area (Å²) in [6.07, 6.45) is 4.49. The molecule has 0 aliphatic heterocycles. The van der Waals surface area contributed by atoms with Crippen molar-refractivity contribution in [3.05, 3.63) is 77.4 Å². The van der Waals surface area contributed by atoms with Crippen LogP contribution in [-0.4, -0.2) is 0 Å². The third-order valence-electron chi connectivity index (χ3n) is 2.96. The molecule has 1 aliphatic carbocycles. The monoisotopic (exact) mass is 215 g/mol. The third-order valence-corrected chi connectivity index (χ3v) is 2.96. The van der Waals surface area contributed by atoms with E-state index in [9.17, 15) is 0 Å². The molecule has 1 aliphatic rings. The molecule has 2 aromatic rings. The fourth-order valence-electron chi connectivity index (χ4n) is 2.20. The second kappa shape index (κ2) is 5.01. The fraction of sp³-hybridized carbons (Fsp3) is 0.0667. The van der Waals surface area contributed by atoms with Crippen molar-refractivity contribution in [2.75, 3.05) is 0 Å². The molecule has 0 nitrogen and oxygen atoms in total. The van der Waals surface area contributed by atoms with Crippen molar-refractivity contribution in [2.24, 2.45) is 0 Å². The molecular formula is C15H12Na+. The molecule has 72 valence electrons. The van der Waals surface area contributed by atoms with Gasteiger partial charge in [0.1, 0.15) is 0 Å². The number of rotatable bonds is 1. The van der Waals surface area contributed by atoms with E-state index < -0.39 is 0 Å².